The Morgan fingerprint density at radius 2 is 1.65 bits per heavy atom. The van der Waals surface area contributed by atoms with Crippen LogP contribution in [0.2, 0.25) is 0 Å². The van der Waals surface area contributed by atoms with E-state index in [1.807, 2.05) is 24.3 Å². The Kier molecular flexibility index (Phi) is 4.08. The second kappa shape index (κ2) is 5.78. The summed E-state index contributed by atoms with van der Waals surface area (Å²) in [7, 11) is 0. The van der Waals surface area contributed by atoms with Gasteiger partial charge in [-0.2, -0.15) is 0 Å². The van der Waals surface area contributed by atoms with E-state index in [-0.39, 0.29) is 0 Å². The maximum Gasteiger partial charge on any atom is 0.335 e. The molecule has 0 saturated heterocycles. The normalized spacial score (nSPS) is 10.6. The number of aryl methyl sites for hydroxylation is 1. The van der Waals surface area contributed by atoms with E-state index < -0.39 is 5.97 Å². The van der Waals surface area contributed by atoms with Crippen molar-refractivity contribution >= 4 is 5.97 Å². The van der Waals surface area contributed by atoms with Crippen LogP contribution < -0.4 is 4.74 Å². The summed E-state index contributed by atoms with van der Waals surface area (Å²) < 4.78 is 5.74. The largest absolute Gasteiger partial charge is 0.478 e. The summed E-state index contributed by atoms with van der Waals surface area (Å²) in [5.41, 5.74) is 2.25. The molecule has 0 aliphatic carbocycles. The quantitative estimate of drug-likeness (QED) is 0.882. The van der Waals surface area contributed by atoms with Gasteiger partial charge in [-0.1, -0.05) is 26.0 Å². The highest BCUT2D eigenvalue weighted by Crippen LogP contribution is 2.25. The third-order valence-corrected chi connectivity index (χ3v) is 3.21. The summed E-state index contributed by atoms with van der Waals surface area (Å²) in [6.07, 6.45) is 0. The van der Waals surface area contributed by atoms with Gasteiger partial charge in [-0.25, -0.2) is 4.79 Å². The number of benzene rings is 2. The van der Waals surface area contributed by atoms with Gasteiger partial charge in [0.25, 0.3) is 0 Å². The average Bonchev–Trinajstić information content (AvgIpc) is 2.39. The zero-order valence-electron chi connectivity index (χ0n) is 11.9. The Bertz CT molecular complexity index is 613. The molecule has 0 aliphatic rings. The lowest BCUT2D eigenvalue weighted by atomic mass is 10.0. The van der Waals surface area contributed by atoms with Crippen LogP contribution in [0, 0.1) is 6.92 Å². The number of aromatic carboxylic acids is 1. The van der Waals surface area contributed by atoms with Crippen LogP contribution in [0.1, 0.15) is 41.3 Å². The molecule has 104 valence electrons. The van der Waals surface area contributed by atoms with Gasteiger partial charge in [0, 0.05) is 0 Å². The smallest absolute Gasteiger partial charge is 0.335 e. The molecule has 0 bridgehead atoms. The van der Waals surface area contributed by atoms with Crippen LogP contribution in [0.15, 0.2) is 42.5 Å². The fourth-order valence-corrected chi connectivity index (χ4v) is 2.00. The van der Waals surface area contributed by atoms with Crippen molar-refractivity contribution in [2.24, 2.45) is 0 Å². The van der Waals surface area contributed by atoms with E-state index >= 15 is 0 Å². The Morgan fingerprint density at radius 3 is 2.15 bits per heavy atom. The molecule has 0 saturated carbocycles. The Labute approximate surface area is 118 Å². The molecule has 2 rings (SSSR count). The predicted octanol–water partition coefficient (Wildman–Crippen LogP) is 4.61. The van der Waals surface area contributed by atoms with E-state index in [1.54, 1.807) is 25.1 Å². The Balaban J connectivity index is 2.17. The van der Waals surface area contributed by atoms with Crippen LogP contribution in [0.4, 0.5) is 0 Å². The zero-order valence-corrected chi connectivity index (χ0v) is 11.9. The van der Waals surface area contributed by atoms with Crippen LogP contribution in [0.3, 0.4) is 0 Å². The van der Waals surface area contributed by atoms with Gasteiger partial charge >= 0.3 is 5.97 Å². The number of ether oxygens (including phenoxy) is 1. The summed E-state index contributed by atoms with van der Waals surface area (Å²) in [6, 6.07) is 12.9. The van der Waals surface area contributed by atoms with Gasteiger partial charge in [-0.15, -0.1) is 0 Å². The Hall–Kier alpha value is -2.29. The first kappa shape index (κ1) is 14.1. The average molecular weight is 270 g/mol. The molecule has 1 N–H and O–H groups in total. The molecule has 0 radical (unpaired) electrons. The third kappa shape index (κ3) is 3.18. The first-order valence-electron chi connectivity index (χ1n) is 6.59. The first-order valence-corrected chi connectivity index (χ1v) is 6.59. The van der Waals surface area contributed by atoms with Gasteiger partial charge in [-0.3, -0.25) is 0 Å². The second-order valence-electron chi connectivity index (χ2n) is 5.11. The van der Waals surface area contributed by atoms with Crippen molar-refractivity contribution in [1.82, 2.24) is 0 Å². The van der Waals surface area contributed by atoms with Gasteiger partial charge in [0.05, 0.1) is 5.56 Å². The molecule has 2 aromatic rings. The summed E-state index contributed by atoms with van der Waals surface area (Å²) in [6.45, 7) is 6.05. The van der Waals surface area contributed by atoms with Crippen LogP contribution in [-0.2, 0) is 0 Å². The van der Waals surface area contributed by atoms with Crippen molar-refractivity contribution in [3.05, 3.63) is 59.2 Å². The van der Waals surface area contributed by atoms with Gasteiger partial charge in [0.2, 0.25) is 0 Å². The lowest BCUT2D eigenvalue weighted by Crippen LogP contribution is -1.99. The van der Waals surface area contributed by atoms with Crippen molar-refractivity contribution in [2.75, 3.05) is 0 Å². The minimum absolute atomic E-state index is 0.299. The minimum atomic E-state index is -0.921. The minimum Gasteiger partial charge on any atom is -0.478 e. The Morgan fingerprint density at radius 1 is 1.05 bits per heavy atom. The third-order valence-electron chi connectivity index (χ3n) is 3.21. The molecule has 0 fully saturated rings. The van der Waals surface area contributed by atoms with E-state index in [9.17, 15) is 4.79 Å². The van der Waals surface area contributed by atoms with Crippen molar-refractivity contribution in [3.63, 3.8) is 0 Å². The second-order valence-corrected chi connectivity index (χ2v) is 5.11. The number of hydrogen-bond donors (Lipinski definition) is 1. The summed E-state index contributed by atoms with van der Waals surface area (Å²) in [5.74, 6) is 0.957. The molecule has 0 heterocycles. The van der Waals surface area contributed by atoms with Gasteiger partial charge < -0.3 is 9.84 Å². The maximum absolute atomic E-state index is 11.0. The van der Waals surface area contributed by atoms with E-state index in [4.69, 9.17) is 9.84 Å². The van der Waals surface area contributed by atoms with Crippen LogP contribution in [0.5, 0.6) is 11.5 Å². The highest BCUT2D eigenvalue weighted by molar-refractivity contribution is 5.89. The maximum atomic E-state index is 11.0. The highest BCUT2D eigenvalue weighted by atomic mass is 16.5. The van der Waals surface area contributed by atoms with E-state index in [1.165, 1.54) is 5.56 Å². The predicted molar refractivity (Wildman–Crippen MR) is 78.7 cm³/mol. The summed E-state index contributed by atoms with van der Waals surface area (Å²) in [4.78, 5) is 11.0. The molecular weight excluding hydrogens is 252 g/mol. The van der Waals surface area contributed by atoms with E-state index in [0.717, 1.165) is 5.75 Å². The van der Waals surface area contributed by atoms with Gasteiger partial charge in [0.15, 0.2) is 0 Å². The fourth-order valence-electron chi connectivity index (χ4n) is 2.00. The number of hydrogen-bond acceptors (Lipinski definition) is 2. The fraction of sp³-hybridized carbons (Fsp3) is 0.235. The van der Waals surface area contributed by atoms with Crippen LogP contribution in [0.25, 0.3) is 0 Å². The molecule has 0 aromatic heterocycles. The lowest BCUT2D eigenvalue weighted by molar-refractivity contribution is 0.0696. The van der Waals surface area contributed by atoms with Gasteiger partial charge in [0.1, 0.15) is 11.5 Å². The SMILES string of the molecule is Cc1cc(Oc2ccc(C(C)C)cc2)ccc1C(=O)O. The molecule has 3 heteroatoms. The van der Waals surface area contributed by atoms with Crippen molar-refractivity contribution < 1.29 is 14.6 Å². The molecule has 0 amide bonds. The van der Waals surface area contributed by atoms with Crippen molar-refractivity contribution in [3.8, 4) is 11.5 Å². The number of rotatable bonds is 4. The summed E-state index contributed by atoms with van der Waals surface area (Å²) >= 11 is 0. The molecule has 0 atom stereocenters. The summed E-state index contributed by atoms with van der Waals surface area (Å²) in [5, 5.41) is 8.99. The van der Waals surface area contributed by atoms with Crippen molar-refractivity contribution in [1.29, 1.82) is 0 Å². The van der Waals surface area contributed by atoms with Crippen LogP contribution in [-0.4, -0.2) is 11.1 Å². The molecule has 0 spiro atoms. The molecule has 0 aliphatic heterocycles. The monoisotopic (exact) mass is 270 g/mol. The standard InChI is InChI=1S/C17H18O3/c1-11(2)13-4-6-14(7-5-13)20-15-8-9-16(17(18)19)12(3)10-15/h4-11H,1-3H3,(H,18,19). The van der Waals surface area contributed by atoms with Crippen molar-refractivity contribution in [2.45, 2.75) is 26.7 Å². The highest BCUT2D eigenvalue weighted by Gasteiger charge is 2.08. The number of carboxylic acid groups (broad SMARTS) is 1. The molecule has 3 nitrogen and oxygen atoms in total. The van der Waals surface area contributed by atoms with Crippen LogP contribution >= 0.6 is 0 Å². The van der Waals surface area contributed by atoms with E-state index in [2.05, 4.69) is 13.8 Å². The number of carbonyl (C=O) groups is 1. The topological polar surface area (TPSA) is 46.5 Å². The zero-order chi connectivity index (χ0) is 14.7. The van der Waals surface area contributed by atoms with Gasteiger partial charge in [-0.05, 0) is 54.3 Å². The lowest BCUT2D eigenvalue weighted by Gasteiger charge is -2.10. The molecule has 20 heavy (non-hydrogen) atoms. The molecule has 2 aromatic carbocycles. The number of carboxylic acids is 1. The molecular formula is C17H18O3. The first-order chi connectivity index (χ1) is 9.47. The van der Waals surface area contributed by atoms with E-state index in [0.29, 0.717) is 22.8 Å². The molecule has 0 unspecified atom stereocenters.